The van der Waals surface area contributed by atoms with Crippen LogP contribution in [0.5, 0.6) is 0 Å². The second-order valence-corrected chi connectivity index (χ2v) is 6.92. The van der Waals surface area contributed by atoms with Crippen molar-refractivity contribution in [1.82, 2.24) is 15.1 Å². The normalized spacial score (nSPS) is 33.2. The first kappa shape index (κ1) is 15.8. The van der Waals surface area contributed by atoms with E-state index in [1.54, 1.807) is 0 Å². The molecular weight excluding hydrogens is 248 g/mol. The van der Waals surface area contributed by atoms with E-state index in [-0.39, 0.29) is 5.54 Å². The van der Waals surface area contributed by atoms with Gasteiger partial charge < -0.3 is 10.2 Å². The molecule has 20 heavy (non-hydrogen) atoms. The van der Waals surface area contributed by atoms with Crippen molar-refractivity contribution in [2.24, 2.45) is 5.92 Å². The van der Waals surface area contributed by atoms with Gasteiger partial charge in [-0.25, -0.2) is 0 Å². The van der Waals surface area contributed by atoms with Gasteiger partial charge in [0.25, 0.3) is 0 Å². The molecule has 0 spiro atoms. The van der Waals surface area contributed by atoms with E-state index in [1.807, 2.05) is 7.05 Å². The van der Waals surface area contributed by atoms with E-state index in [4.69, 9.17) is 0 Å². The van der Waals surface area contributed by atoms with Gasteiger partial charge in [-0.3, -0.25) is 4.90 Å². The van der Waals surface area contributed by atoms with E-state index in [0.29, 0.717) is 6.04 Å². The third kappa shape index (κ3) is 3.72. The van der Waals surface area contributed by atoms with E-state index in [1.165, 1.54) is 45.6 Å². The Morgan fingerprint density at radius 2 is 2.00 bits per heavy atom. The van der Waals surface area contributed by atoms with Gasteiger partial charge in [-0.1, -0.05) is 13.8 Å². The maximum absolute atomic E-state index is 9.46. The summed E-state index contributed by atoms with van der Waals surface area (Å²) in [7, 11) is 1.94. The summed E-state index contributed by atoms with van der Waals surface area (Å²) in [6, 6.07) is 3.12. The average molecular weight is 278 g/mol. The summed E-state index contributed by atoms with van der Waals surface area (Å²) in [5.74, 6) is 0.756. The fourth-order valence-corrected chi connectivity index (χ4v) is 3.77. The number of rotatable bonds is 4. The minimum Gasteiger partial charge on any atom is -0.302 e. The van der Waals surface area contributed by atoms with Crippen molar-refractivity contribution in [3.8, 4) is 6.07 Å². The predicted molar refractivity (Wildman–Crippen MR) is 82.5 cm³/mol. The van der Waals surface area contributed by atoms with Crippen LogP contribution in [0, 0.1) is 17.2 Å². The smallest absolute Gasteiger partial charge is 0.108 e. The zero-order valence-electron chi connectivity index (χ0n) is 13.4. The van der Waals surface area contributed by atoms with Crippen molar-refractivity contribution >= 4 is 0 Å². The lowest BCUT2D eigenvalue weighted by atomic mass is 9.79. The summed E-state index contributed by atoms with van der Waals surface area (Å²) in [6.07, 6.45) is 4.43. The van der Waals surface area contributed by atoms with Gasteiger partial charge in [-0.05, 0) is 38.6 Å². The number of nitriles is 1. The molecule has 1 saturated carbocycles. The molecule has 2 aliphatic rings. The highest BCUT2D eigenvalue weighted by Gasteiger charge is 2.38. The van der Waals surface area contributed by atoms with Gasteiger partial charge in [0, 0.05) is 38.8 Å². The van der Waals surface area contributed by atoms with Crippen molar-refractivity contribution in [3.63, 3.8) is 0 Å². The fraction of sp³-hybridized carbons (Fsp3) is 0.938. The van der Waals surface area contributed by atoms with Crippen molar-refractivity contribution < 1.29 is 0 Å². The molecule has 4 heteroatoms. The first-order chi connectivity index (χ1) is 9.58. The second kappa shape index (κ2) is 6.89. The molecule has 114 valence electrons. The predicted octanol–water partition coefficient (Wildman–Crippen LogP) is 1.68. The molecule has 0 aromatic rings. The summed E-state index contributed by atoms with van der Waals surface area (Å²) in [5.41, 5.74) is -0.280. The van der Waals surface area contributed by atoms with Crippen LogP contribution in [0.1, 0.15) is 39.5 Å². The average Bonchev–Trinajstić information content (AvgIpc) is 2.47. The van der Waals surface area contributed by atoms with Gasteiger partial charge in [0.15, 0.2) is 0 Å². The second-order valence-electron chi connectivity index (χ2n) is 6.92. The fourth-order valence-electron chi connectivity index (χ4n) is 3.77. The van der Waals surface area contributed by atoms with Crippen LogP contribution < -0.4 is 5.32 Å². The minimum absolute atomic E-state index is 0.280. The van der Waals surface area contributed by atoms with Gasteiger partial charge >= 0.3 is 0 Å². The van der Waals surface area contributed by atoms with Gasteiger partial charge in [0.2, 0.25) is 0 Å². The summed E-state index contributed by atoms with van der Waals surface area (Å²) in [6.45, 7) is 10.5. The summed E-state index contributed by atoms with van der Waals surface area (Å²) in [5, 5.41) is 12.7. The van der Waals surface area contributed by atoms with Gasteiger partial charge in [-0.2, -0.15) is 5.26 Å². The van der Waals surface area contributed by atoms with Crippen molar-refractivity contribution in [3.05, 3.63) is 0 Å². The lowest BCUT2D eigenvalue weighted by Gasteiger charge is -2.44. The van der Waals surface area contributed by atoms with E-state index in [2.05, 4.69) is 35.0 Å². The highest BCUT2D eigenvalue weighted by atomic mass is 15.3. The van der Waals surface area contributed by atoms with Gasteiger partial charge in [0.1, 0.15) is 5.54 Å². The van der Waals surface area contributed by atoms with E-state index in [9.17, 15) is 5.26 Å². The number of hydrogen-bond donors (Lipinski definition) is 1. The van der Waals surface area contributed by atoms with E-state index in [0.717, 1.165) is 18.8 Å². The summed E-state index contributed by atoms with van der Waals surface area (Å²) >= 11 is 0. The molecule has 1 heterocycles. The Morgan fingerprint density at radius 1 is 1.30 bits per heavy atom. The molecule has 0 amide bonds. The Balaban J connectivity index is 1.86. The molecule has 0 radical (unpaired) electrons. The lowest BCUT2D eigenvalue weighted by molar-refractivity contribution is 0.0596. The van der Waals surface area contributed by atoms with E-state index < -0.39 is 0 Å². The standard InChI is InChI=1S/C16H30N4/c1-14(2)12-19-7-9-20(10-8-19)15-5-4-6-16(11-15,13-17)18-3/h14-15,18H,4-12H2,1-3H3. The topological polar surface area (TPSA) is 42.3 Å². The molecule has 4 nitrogen and oxygen atoms in total. The zero-order chi connectivity index (χ0) is 14.6. The molecule has 1 saturated heterocycles. The van der Waals surface area contributed by atoms with Crippen LogP contribution in [0.2, 0.25) is 0 Å². The molecule has 1 aliphatic carbocycles. The lowest BCUT2D eigenvalue weighted by Crippen LogP contribution is -2.56. The zero-order valence-corrected chi connectivity index (χ0v) is 13.4. The van der Waals surface area contributed by atoms with Crippen LogP contribution in [-0.4, -0.2) is 61.2 Å². The molecule has 2 unspecified atom stereocenters. The molecule has 1 aliphatic heterocycles. The molecule has 2 rings (SSSR count). The largest absolute Gasteiger partial charge is 0.302 e. The molecule has 0 aromatic heterocycles. The number of piperazine rings is 1. The Labute approximate surface area is 124 Å². The van der Waals surface area contributed by atoms with Gasteiger partial charge in [0.05, 0.1) is 6.07 Å². The van der Waals surface area contributed by atoms with Crippen molar-refractivity contribution in [2.75, 3.05) is 39.8 Å². The highest BCUT2D eigenvalue weighted by Crippen LogP contribution is 2.31. The third-order valence-electron chi connectivity index (χ3n) is 4.96. The SMILES string of the molecule is CNC1(C#N)CCCC(N2CCN(CC(C)C)CC2)C1. The monoisotopic (exact) mass is 278 g/mol. The number of nitrogens with one attached hydrogen (secondary N) is 1. The maximum Gasteiger partial charge on any atom is 0.108 e. The first-order valence-electron chi connectivity index (χ1n) is 8.15. The third-order valence-corrected chi connectivity index (χ3v) is 4.96. The molecular formula is C16H30N4. The Morgan fingerprint density at radius 3 is 2.55 bits per heavy atom. The van der Waals surface area contributed by atoms with Crippen LogP contribution in [0.3, 0.4) is 0 Å². The molecule has 2 fully saturated rings. The summed E-state index contributed by atoms with van der Waals surface area (Å²) < 4.78 is 0. The molecule has 1 N–H and O–H groups in total. The Bertz CT molecular complexity index is 341. The quantitative estimate of drug-likeness (QED) is 0.850. The molecule has 0 aromatic carbocycles. The number of hydrogen-bond acceptors (Lipinski definition) is 4. The first-order valence-corrected chi connectivity index (χ1v) is 8.15. The van der Waals surface area contributed by atoms with E-state index >= 15 is 0 Å². The van der Waals surface area contributed by atoms with Crippen LogP contribution in [0.4, 0.5) is 0 Å². The van der Waals surface area contributed by atoms with Crippen LogP contribution >= 0.6 is 0 Å². The van der Waals surface area contributed by atoms with Crippen LogP contribution in [0.25, 0.3) is 0 Å². The van der Waals surface area contributed by atoms with Gasteiger partial charge in [-0.15, -0.1) is 0 Å². The van der Waals surface area contributed by atoms with Crippen molar-refractivity contribution in [1.29, 1.82) is 5.26 Å². The highest BCUT2D eigenvalue weighted by molar-refractivity contribution is 5.10. The number of nitrogens with zero attached hydrogens (tertiary/aromatic N) is 3. The molecule has 0 bridgehead atoms. The maximum atomic E-state index is 9.46. The Hall–Kier alpha value is -0.630. The summed E-state index contributed by atoms with van der Waals surface area (Å²) in [4.78, 5) is 5.21. The Kier molecular flexibility index (Phi) is 5.42. The van der Waals surface area contributed by atoms with Crippen LogP contribution in [-0.2, 0) is 0 Å². The van der Waals surface area contributed by atoms with Crippen molar-refractivity contribution in [2.45, 2.75) is 51.1 Å². The van der Waals surface area contributed by atoms with Crippen LogP contribution in [0.15, 0.2) is 0 Å². The minimum atomic E-state index is -0.280. The molecule has 2 atom stereocenters.